The molecule has 6 heteroatoms. The highest BCUT2D eigenvalue weighted by molar-refractivity contribution is 5.85. The third kappa shape index (κ3) is 6.57. The summed E-state index contributed by atoms with van der Waals surface area (Å²) in [5.74, 6) is 0.366. The lowest BCUT2D eigenvalue weighted by Gasteiger charge is -2.21. The second kappa shape index (κ2) is 8.47. The van der Waals surface area contributed by atoms with Gasteiger partial charge >= 0.3 is 0 Å². The molecule has 1 aliphatic carbocycles. The molecular formula is C14H28ClN3O2. The van der Waals surface area contributed by atoms with Crippen molar-refractivity contribution in [3.8, 4) is 0 Å². The van der Waals surface area contributed by atoms with Crippen LogP contribution in [-0.4, -0.2) is 30.4 Å². The van der Waals surface area contributed by atoms with Gasteiger partial charge < -0.3 is 16.4 Å². The Morgan fingerprint density at radius 3 is 2.45 bits per heavy atom. The maximum absolute atomic E-state index is 12.0. The topological polar surface area (TPSA) is 84.2 Å². The number of hydrogen-bond acceptors (Lipinski definition) is 3. The van der Waals surface area contributed by atoms with Crippen molar-refractivity contribution in [2.24, 2.45) is 17.6 Å². The zero-order valence-corrected chi connectivity index (χ0v) is 13.5. The number of rotatable bonds is 5. The molecule has 0 radical (unpaired) electrons. The Morgan fingerprint density at radius 1 is 1.25 bits per heavy atom. The van der Waals surface area contributed by atoms with E-state index in [2.05, 4.69) is 10.6 Å². The van der Waals surface area contributed by atoms with Crippen LogP contribution in [0, 0.1) is 11.8 Å². The van der Waals surface area contributed by atoms with Gasteiger partial charge in [-0.2, -0.15) is 0 Å². The standard InChI is InChI=1S/C14H27N3O2.ClH/c1-14(2,3)17-12(18)7-8-16-13(19)11-6-4-5-10(11)9-15;/h10-11H,4-9,15H2,1-3H3,(H,16,19)(H,17,18);1H/t10-,11-;/m1./s1. The van der Waals surface area contributed by atoms with Crippen LogP contribution in [0.4, 0.5) is 0 Å². The van der Waals surface area contributed by atoms with E-state index in [4.69, 9.17) is 5.73 Å². The lowest BCUT2D eigenvalue weighted by molar-refractivity contribution is -0.126. The maximum Gasteiger partial charge on any atom is 0.223 e. The number of carbonyl (C=O) groups excluding carboxylic acids is 2. The molecule has 4 N–H and O–H groups in total. The van der Waals surface area contributed by atoms with E-state index in [1.807, 2.05) is 20.8 Å². The molecule has 0 aromatic carbocycles. The Hall–Kier alpha value is -0.810. The van der Waals surface area contributed by atoms with E-state index in [0.717, 1.165) is 19.3 Å². The minimum absolute atomic E-state index is 0. The SMILES string of the molecule is CC(C)(C)NC(=O)CCNC(=O)[C@@H]1CCC[C@@H]1CN.Cl. The van der Waals surface area contributed by atoms with E-state index >= 15 is 0 Å². The van der Waals surface area contributed by atoms with Gasteiger partial charge in [-0.3, -0.25) is 9.59 Å². The molecule has 2 amide bonds. The molecule has 0 saturated heterocycles. The van der Waals surface area contributed by atoms with Gasteiger partial charge in [0.25, 0.3) is 0 Å². The molecule has 1 saturated carbocycles. The monoisotopic (exact) mass is 305 g/mol. The first-order valence-electron chi connectivity index (χ1n) is 7.12. The summed E-state index contributed by atoms with van der Waals surface area (Å²) in [4.78, 5) is 23.6. The molecule has 118 valence electrons. The summed E-state index contributed by atoms with van der Waals surface area (Å²) >= 11 is 0. The first-order chi connectivity index (χ1) is 8.83. The number of amides is 2. The van der Waals surface area contributed by atoms with Gasteiger partial charge in [-0.1, -0.05) is 6.42 Å². The van der Waals surface area contributed by atoms with Crippen LogP contribution in [0.3, 0.4) is 0 Å². The Kier molecular flexibility index (Phi) is 8.13. The fourth-order valence-corrected chi connectivity index (χ4v) is 2.58. The van der Waals surface area contributed by atoms with Gasteiger partial charge in [0.2, 0.25) is 11.8 Å². The molecule has 0 aromatic rings. The maximum atomic E-state index is 12.0. The van der Waals surface area contributed by atoms with Crippen molar-refractivity contribution in [2.75, 3.05) is 13.1 Å². The Morgan fingerprint density at radius 2 is 1.90 bits per heavy atom. The van der Waals surface area contributed by atoms with Crippen molar-refractivity contribution >= 4 is 24.2 Å². The normalized spacial score (nSPS) is 22.0. The predicted molar refractivity (Wildman–Crippen MR) is 82.7 cm³/mol. The molecule has 0 aliphatic heterocycles. The lowest BCUT2D eigenvalue weighted by atomic mass is 9.95. The van der Waals surface area contributed by atoms with Crippen LogP contribution in [0.5, 0.6) is 0 Å². The molecule has 0 aromatic heterocycles. The molecule has 1 fully saturated rings. The fourth-order valence-electron chi connectivity index (χ4n) is 2.58. The number of nitrogens with two attached hydrogens (primary N) is 1. The zero-order valence-electron chi connectivity index (χ0n) is 12.7. The molecular weight excluding hydrogens is 278 g/mol. The second-order valence-corrected chi connectivity index (χ2v) is 6.37. The third-order valence-corrected chi connectivity index (χ3v) is 3.46. The fraction of sp³-hybridized carbons (Fsp3) is 0.857. The number of nitrogens with one attached hydrogen (secondary N) is 2. The van der Waals surface area contributed by atoms with Gasteiger partial charge in [0.1, 0.15) is 0 Å². The zero-order chi connectivity index (χ0) is 14.5. The van der Waals surface area contributed by atoms with Crippen LogP contribution >= 0.6 is 12.4 Å². The average Bonchev–Trinajstić information content (AvgIpc) is 2.74. The van der Waals surface area contributed by atoms with Gasteiger partial charge in [0.15, 0.2) is 0 Å². The highest BCUT2D eigenvalue weighted by atomic mass is 35.5. The first-order valence-corrected chi connectivity index (χ1v) is 7.12. The largest absolute Gasteiger partial charge is 0.355 e. The summed E-state index contributed by atoms with van der Waals surface area (Å²) in [5, 5.41) is 5.72. The second-order valence-electron chi connectivity index (χ2n) is 6.37. The van der Waals surface area contributed by atoms with E-state index in [-0.39, 0.29) is 35.7 Å². The van der Waals surface area contributed by atoms with E-state index in [1.165, 1.54) is 0 Å². The van der Waals surface area contributed by atoms with Crippen LogP contribution in [0.25, 0.3) is 0 Å². The van der Waals surface area contributed by atoms with Crippen molar-refractivity contribution in [1.29, 1.82) is 0 Å². The summed E-state index contributed by atoms with van der Waals surface area (Å²) in [6.45, 7) is 6.78. The Balaban J connectivity index is 0.00000361. The number of carbonyl (C=O) groups is 2. The van der Waals surface area contributed by atoms with Crippen molar-refractivity contribution in [1.82, 2.24) is 10.6 Å². The summed E-state index contributed by atoms with van der Waals surface area (Å²) in [6, 6.07) is 0. The van der Waals surface area contributed by atoms with Gasteiger partial charge in [-0.25, -0.2) is 0 Å². The molecule has 0 spiro atoms. The Bertz CT molecular complexity index is 329. The van der Waals surface area contributed by atoms with Gasteiger partial charge in [0.05, 0.1) is 0 Å². The van der Waals surface area contributed by atoms with Crippen LogP contribution in [0.15, 0.2) is 0 Å². The molecule has 20 heavy (non-hydrogen) atoms. The van der Waals surface area contributed by atoms with Crippen LogP contribution < -0.4 is 16.4 Å². The first kappa shape index (κ1) is 19.2. The molecule has 5 nitrogen and oxygen atoms in total. The molecule has 2 atom stereocenters. The molecule has 0 unspecified atom stereocenters. The van der Waals surface area contributed by atoms with Crippen molar-refractivity contribution in [3.05, 3.63) is 0 Å². The third-order valence-electron chi connectivity index (χ3n) is 3.46. The lowest BCUT2D eigenvalue weighted by Crippen LogP contribution is -2.42. The molecule has 0 heterocycles. The summed E-state index contributed by atoms with van der Waals surface area (Å²) in [7, 11) is 0. The van der Waals surface area contributed by atoms with Crippen LogP contribution in [-0.2, 0) is 9.59 Å². The summed E-state index contributed by atoms with van der Waals surface area (Å²) in [5.41, 5.74) is 5.44. The van der Waals surface area contributed by atoms with E-state index in [1.54, 1.807) is 0 Å². The molecule has 1 rings (SSSR count). The van der Waals surface area contributed by atoms with Crippen molar-refractivity contribution in [2.45, 2.75) is 52.0 Å². The predicted octanol–water partition coefficient (Wildman–Crippen LogP) is 1.20. The van der Waals surface area contributed by atoms with E-state index in [0.29, 0.717) is 25.4 Å². The summed E-state index contributed by atoms with van der Waals surface area (Å²) < 4.78 is 0. The highest BCUT2D eigenvalue weighted by Crippen LogP contribution is 2.30. The van der Waals surface area contributed by atoms with Crippen LogP contribution in [0.2, 0.25) is 0 Å². The minimum atomic E-state index is -0.225. The van der Waals surface area contributed by atoms with E-state index < -0.39 is 0 Å². The smallest absolute Gasteiger partial charge is 0.223 e. The summed E-state index contributed by atoms with van der Waals surface area (Å²) in [6.07, 6.45) is 3.36. The molecule has 0 bridgehead atoms. The number of hydrogen-bond donors (Lipinski definition) is 3. The van der Waals surface area contributed by atoms with Gasteiger partial charge in [-0.05, 0) is 46.1 Å². The quantitative estimate of drug-likeness (QED) is 0.713. The van der Waals surface area contributed by atoms with Crippen molar-refractivity contribution < 1.29 is 9.59 Å². The average molecular weight is 306 g/mol. The minimum Gasteiger partial charge on any atom is -0.355 e. The van der Waals surface area contributed by atoms with Crippen molar-refractivity contribution in [3.63, 3.8) is 0 Å². The van der Waals surface area contributed by atoms with Crippen LogP contribution in [0.1, 0.15) is 46.5 Å². The van der Waals surface area contributed by atoms with Gasteiger partial charge in [-0.15, -0.1) is 12.4 Å². The van der Waals surface area contributed by atoms with E-state index in [9.17, 15) is 9.59 Å². The number of halogens is 1. The van der Waals surface area contributed by atoms with Gasteiger partial charge in [0, 0.05) is 24.4 Å². The highest BCUT2D eigenvalue weighted by Gasteiger charge is 2.31. The molecule has 1 aliphatic rings. The Labute approximate surface area is 127 Å².